The summed E-state index contributed by atoms with van der Waals surface area (Å²) in [5, 5.41) is 2.85. The molecule has 3 N–H and O–H groups in total. The van der Waals surface area contributed by atoms with E-state index >= 15 is 0 Å². The van der Waals surface area contributed by atoms with Crippen molar-refractivity contribution in [3.63, 3.8) is 0 Å². The van der Waals surface area contributed by atoms with E-state index in [1.807, 2.05) is 14.0 Å². The number of nitrogens with two attached hydrogens (primary N) is 1. The molecular weight excluding hydrogens is 76.1 g/mol. The number of nitrogens with one attached hydrogen (secondary N) is 1. The van der Waals surface area contributed by atoms with Gasteiger partial charge in [0.05, 0.1) is 0 Å². The summed E-state index contributed by atoms with van der Waals surface area (Å²) in [7, 11) is 1.83. The Morgan fingerprint density at radius 3 is 2.33 bits per heavy atom. The van der Waals surface area contributed by atoms with Gasteiger partial charge in [0.2, 0.25) is 0 Å². The van der Waals surface area contributed by atoms with Crippen molar-refractivity contribution in [3.05, 3.63) is 11.9 Å². The van der Waals surface area contributed by atoms with Gasteiger partial charge in [-0.15, -0.1) is 0 Å². The molecule has 36 valence electrons. The van der Waals surface area contributed by atoms with Gasteiger partial charge in [-0.25, -0.2) is 0 Å². The monoisotopic (exact) mass is 86.1 g/mol. The van der Waals surface area contributed by atoms with E-state index < -0.39 is 0 Å². The molecular formula is C4H10N2. The van der Waals surface area contributed by atoms with Crippen molar-refractivity contribution in [2.24, 2.45) is 5.73 Å². The van der Waals surface area contributed by atoms with E-state index in [-0.39, 0.29) is 0 Å². The van der Waals surface area contributed by atoms with Crippen LogP contribution in [-0.4, -0.2) is 7.05 Å². The van der Waals surface area contributed by atoms with Crippen LogP contribution in [0.2, 0.25) is 0 Å². The highest BCUT2D eigenvalue weighted by molar-refractivity contribution is 4.89. The highest BCUT2D eigenvalue weighted by atomic mass is 14.8. The lowest BCUT2D eigenvalue weighted by atomic mass is 10.5. The van der Waals surface area contributed by atoms with Crippen LogP contribution in [0.3, 0.4) is 0 Å². The third-order valence-electron chi connectivity index (χ3n) is 0.644. The summed E-state index contributed by atoms with van der Waals surface area (Å²) in [6.07, 6.45) is 1.53. The van der Waals surface area contributed by atoms with E-state index in [9.17, 15) is 0 Å². The molecule has 0 amide bonds. The summed E-state index contributed by atoms with van der Waals surface area (Å²) in [6, 6.07) is 0. The van der Waals surface area contributed by atoms with Gasteiger partial charge in [0.1, 0.15) is 0 Å². The van der Waals surface area contributed by atoms with Gasteiger partial charge in [0.15, 0.2) is 0 Å². The third-order valence-corrected chi connectivity index (χ3v) is 0.644. The third kappa shape index (κ3) is 1.64. The zero-order valence-electron chi connectivity index (χ0n) is 4.15. The SMILES string of the molecule is CNC(C)=CN. The van der Waals surface area contributed by atoms with E-state index in [4.69, 9.17) is 5.73 Å². The average molecular weight is 86.1 g/mol. The molecule has 0 fully saturated rings. The molecule has 0 aliphatic heterocycles. The smallest absolute Gasteiger partial charge is 0.0230 e. The predicted octanol–water partition coefficient (Wildman–Crippen LogP) is 0.0258. The van der Waals surface area contributed by atoms with Crippen LogP contribution in [0.15, 0.2) is 11.9 Å². The van der Waals surface area contributed by atoms with Crippen molar-refractivity contribution in [1.82, 2.24) is 5.32 Å². The Labute approximate surface area is 38.0 Å². The van der Waals surface area contributed by atoms with Crippen molar-refractivity contribution in [1.29, 1.82) is 0 Å². The maximum atomic E-state index is 5.06. The molecule has 0 aliphatic carbocycles. The standard InChI is InChI=1S/C4H10N2/c1-4(3-5)6-2/h3,6H,5H2,1-2H3. The molecule has 0 unspecified atom stereocenters. The maximum absolute atomic E-state index is 5.06. The molecule has 0 radical (unpaired) electrons. The maximum Gasteiger partial charge on any atom is 0.0230 e. The molecule has 0 heterocycles. The summed E-state index contributed by atoms with van der Waals surface area (Å²) in [4.78, 5) is 0. The summed E-state index contributed by atoms with van der Waals surface area (Å²) >= 11 is 0. The molecule has 0 atom stereocenters. The second-order valence-electron chi connectivity index (χ2n) is 1.10. The molecule has 0 rings (SSSR count). The van der Waals surface area contributed by atoms with Crippen LogP contribution in [0.1, 0.15) is 6.92 Å². The van der Waals surface area contributed by atoms with E-state index in [2.05, 4.69) is 5.32 Å². The van der Waals surface area contributed by atoms with Gasteiger partial charge in [-0.1, -0.05) is 0 Å². The normalized spacial score (nSPS) is 11.3. The van der Waals surface area contributed by atoms with Crippen LogP contribution in [0.5, 0.6) is 0 Å². The summed E-state index contributed by atoms with van der Waals surface area (Å²) in [5.74, 6) is 0. The molecule has 0 aromatic rings. The summed E-state index contributed by atoms with van der Waals surface area (Å²) < 4.78 is 0. The minimum atomic E-state index is 0.995. The van der Waals surface area contributed by atoms with Crippen LogP contribution in [0.25, 0.3) is 0 Å². The fraction of sp³-hybridized carbons (Fsp3) is 0.500. The van der Waals surface area contributed by atoms with Gasteiger partial charge >= 0.3 is 0 Å². The lowest BCUT2D eigenvalue weighted by molar-refractivity contribution is 0.981. The molecule has 6 heavy (non-hydrogen) atoms. The largest absolute Gasteiger partial charge is 0.403 e. The molecule has 0 saturated carbocycles. The topological polar surface area (TPSA) is 38.0 Å². The first-order valence-corrected chi connectivity index (χ1v) is 1.87. The summed E-state index contributed by atoms with van der Waals surface area (Å²) in [5.41, 5.74) is 6.05. The first-order chi connectivity index (χ1) is 2.81. The van der Waals surface area contributed by atoms with Gasteiger partial charge in [0, 0.05) is 18.9 Å². The van der Waals surface area contributed by atoms with Gasteiger partial charge in [-0.3, -0.25) is 0 Å². The quantitative estimate of drug-likeness (QED) is 0.472. The first-order valence-electron chi connectivity index (χ1n) is 1.87. The fourth-order valence-electron chi connectivity index (χ4n) is 0.0833. The molecule has 0 saturated heterocycles. The molecule has 0 bridgehead atoms. The van der Waals surface area contributed by atoms with E-state index in [0.717, 1.165) is 5.70 Å². The zero-order chi connectivity index (χ0) is 4.99. The molecule has 0 spiro atoms. The van der Waals surface area contributed by atoms with Crippen LogP contribution >= 0.6 is 0 Å². The Hall–Kier alpha value is -0.660. The number of hydrogen-bond donors (Lipinski definition) is 2. The lowest BCUT2D eigenvalue weighted by Crippen LogP contribution is -2.03. The number of allylic oxidation sites excluding steroid dienone is 1. The predicted molar refractivity (Wildman–Crippen MR) is 27.0 cm³/mol. The molecule has 0 aliphatic rings. The van der Waals surface area contributed by atoms with Gasteiger partial charge in [-0.2, -0.15) is 0 Å². The van der Waals surface area contributed by atoms with Crippen molar-refractivity contribution >= 4 is 0 Å². The van der Waals surface area contributed by atoms with E-state index in [1.54, 1.807) is 0 Å². The second kappa shape index (κ2) is 2.57. The first kappa shape index (κ1) is 5.34. The van der Waals surface area contributed by atoms with Crippen LogP contribution in [0.4, 0.5) is 0 Å². The van der Waals surface area contributed by atoms with Crippen molar-refractivity contribution in [3.8, 4) is 0 Å². The Morgan fingerprint density at radius 1 is 1.83 bits per heavy atom. The van der Waals surface area contributed by atoms with Gasteiger partial charge < -0.3 is 11.1 Å². The minimum absolute atomic E-state index is 0.995. The Kier molecular flexibility index (Phi) is 2.29. The molecule has 0 aromatic carbocycles. The zero-order valence-corrected chi connectivity index (χ0v) is 4.15. The Bertz CT molecular complexity index is 56.6. The number of hydrogen-bond acceptors (Lipinski definition) is 2. The minimum Gasteiger partial charge on any atom is -0.403 e. The molecule has 2 heteroatoms. The average Bonchev–Trinajstić information content (AvgIpc) is 1.65. The Balaban J connectivity index is 3.22. The fourth-order valence-corrected chi connectivity index (χ4v) is 0.0833. The van der Waals surface area contributed by atoms with Crippen LogP contribution in [-0.2, 0) is 0 Å². The van der Waals surface area contributed by atoms with E-state index in [1.165, 1.54) is 6.20 Å². The van der Waals surface area contributed by atoms with Crippen molar-refractivity contribution < 1.29 is 0 Å². The highest BCUT2D eigenvalue weighted by Crippen LogP contribution is 1.73. The number of rotatable bonds is 1. The van der Waals surface area contributed by atoms with Crippen LogP contribution < -0.4 is 11.1 Å². The van der Waals surface area contributed by atoms with Crippen LogP contribution in [0, 0.1) is 0 Å². The van der Waals surface area contributed by atoms with Gasteiger partial charge in [0.25, 0.3) is 0 Å². The molecule has 2 nitrogen and oxygen atoms in total. The highest BCUT2D eigenvalue weighted by Gasteiger charge is 1.69. The molecule has 0 aromatic heterocycles. The second-order valence-corrected chi connectivity index (χ2v) is 1.10. The van der Waals surface area contributed by atoms with Crippen molar-refractivity contribution in [2.45, 2.75) is 6.92 Å². The lowest BCUT2D eigenvalue weighted by Gasteiger charge is -1.91. The van der Waals surface area contributed by atoms with Gasteiger partial charge in [-0.05, 0) is 6.92 Å². The Morgan fingerprint density at radius 2 is 2.33 bits per heavy atom. The summed E-state index contributed by atoms with van der Waals surface area (Å²) in [6.45, 7) is 1.90. The van der Waals surface area contributed by atoms with Crippen molar-refractivity contribution in [2.75, 3.05) is 7.05 Å². The van der Waals surface area contributed by atoms with E-state index in [0.29, 0.717) is 0 Å².